The quantitative estimate of drug-likeness (QED) is 0.850. The normalized spacial score (nSPS) is 9.81. The summed E-state index contributed by atoms with van der Waals surface area (Å²) in [5.74, 6) is 0.377. The van der Waals surface area contributed by atoms with E-state index in [2.05, 4.69) is 10.6 Å². The van der Waals surface area contributed by atoms with Crippen LogP contribution < -0.4 is 15.4 Å². The molecule has 0 saturated heterocycles. The monoisotopic (exact) mass is 320 g/mol. The lowest BCUT2D eigenvalue weighted by Gasteiger charge is -2.10. The van der Waals surface area contributed by atoms with Gasteiger partial charge in [0.25, 0.3) is 5.91 Å². The Morgan fingerprint density at radius 3 is 2.67 bits per heavy atom. The number of rotatable bonds is 3. The number of nitrogens with one attached hydrogen (secondary N) is 2. The molecule has 0 bridgehead atoms. The minimum absolute atomic E-state index is 0.202. The number of hydrogen-bond donors (Lipinski definition) is 2. The third-order valence-corrected chi connectivity index (χ3v) is 3.08. The number of amides is 1. The lowest BCUT2D eigenvalue weighted by atomic mass is 10.2. The molecule has 6 heteroatoms. The third kappa shape index (κ3) is 4.44. The molecule has 2 aromatic rings. The van der Waals surface area contributed by atoms with Gasteiger partial charge in [0.05, 0.1) is 7.11 Å². The Bertz CT molecular complexity index is 676. The summed E-state index contributed by atoms with van der Waals surface area (Å²) in [5.41, 5.74) is 1.17. The summed E-state index contributed by atoms with van der Waals surface area (Å²) in [5, 5.41) is 6.21. The van der Waals surface area contributed by atoms with E-state index in [1.165, 1.54) is 0 Å². The molecule has 0 heterocycles. The first-order chi connectivity index (χ1) is 10.1. The van der Waals surface area contributed by atoms with E-state index >= 15 is 0 Å². The predicted octanol–water partition coefficient (Wildman–Crippen LogP) is 3.48. The maximum atomic E-state index is 12.0. The lowest BCUT2D eigenvalue weighted by Crippen LogP contribution is -2.34. The highest BCUT2D eigenvalue weighted by atomic mass is 35.5. The number of hydrogen-bond acceptors (Lipinski definition) is 3. The molecule has 0 aromatic heterocycles. The highest BCUT2D eigenvalue weighted by Crippen LogP contribution is 2.16. The van der Waals surface area contributed by atoms with Crippen molar-refractivity contribution in [2.24, 2.45) is 0 Å². The Morgan fingerprint density at radius 1 is 1.19 bits per heavy atom. The summed E-state index contributed by atoms with van der Waals surface area (Å²) in [6.45, 7) is 0. The van der Waals surface area contributed by atoms with Crippen molar-refractivity contribution in [2.75, 3.05) is 12.4 Å². The molecule has 0 radical (unpaired) electrons. The number of benzene rings is 2. The molecule has 0 spiro atoms. The first-order valence-corrected chi connectivity index (χ1v) is 6.89. The second kappa shape index (κ2) is 7.06. The smallest absolute Gasteiger partial charge is 0.257 e. The molecule has 0 aliphatic heterocycles. The molecule has 0 saturated carbocycles. The molecular weight excluding hydrogens is 308 g/mol. The van der Waals surface area contributed by atoms with Crippen molar-refractivity contribution in [3.63, 3.8) is 0 Å². The van der Waals surface area contributed by atoms with Gasteiger partial charge in [-0.05, 0) is 42.5 Å². The molecule has 0 fully saturated rings. The van der Waals surface area contributed by atoms with Gasteiger partial charge in [0.15, 0.2) is 5.11 Å². The first-order valence-electron chi connectivity index (χ1n) is 6.10. The van der Waals surface area contributed by atoms with Crippen LogP contribution >= 0.6 is 23.8 Å². The van der Waals surface area contributed by atoms with Crippen LogP contribution in [0.2, 0.25) is 5.02 Å². The summed E-state index contributed by atoms with van der Waals surface area (Å²) in [4.78, 5) is 12.0. The molecule has 4 nitrogen and oxygen atoms in total. The maximum absolute atomic E-state index is 12.0. The van der Waals surface area contributed by atoms with Crippen molar-refractivity contribution in [1.29, 1.82) is 0 Å². The largest absolute Gasteiger partial charge is 0.497 e. The molecule has 0 atom stereocenters. The molecule has 21 heavy (non-hydrogen) atoms. The van der Waals surface area contributed by atoms with Crippen LogP contribution in [-0.2, 0) is 0 Å². The van der Waals surface area contributed by atoms with Gasteiger partial charge >= 0.3 is 0 Å². The summed E-state index contributed by atoms with van der Waals surface area (Å²) < 4.78 is 5.11. The van der Waals surface area contributed by atoms with E-state index in [0.29, 0.717) is 16.3 Å². The van der Waals surface area contributed by atoms with Crippen LogP contribution in [0.3, 0.4) is 0 Å². The number of ether oxygens (including phenoxy) is 1. The average Bonchev–Trinajstić information content (AvgIpc) is 2.47. The van der Waals surface area contributed by atoms with Gasteiger partial charge in [-0.1, -0.05) is 23.7 Å². The van der Waals surface area contributed by atoms with Gasteiger partial charge in [0, 0.05) is 22.3 Å². The second-order valence-electron chi connectivity index (χ2n) is 4.15. The minimum atomic E-state index is -0.321. The highest BCUT2D eigenvalue weighted by molar-refractivity contribution is 7.80. The van der Waals surface area contributed by atoms with Crippen LogP contribution in [0.25, 0.3) is 0 Å². The molecule has 108 valence electrons. The fourth-order valence-electron chi connectivity index (χ4n) is 1.67. The van der Waals surface area contributed by atoms with E-state index in [1.54, 1.807) is 37.4 Å². The summed E-state index contributed by atoms with van der Waals surface area (Å²) in [6.07, 6.45) is 0. The van der Waals surface area contributed by atoms with Crippen LogP contribution in [0.5, 0.6) is 5.75 Å². The van der Waals surface area contributed by atoms with E-state index in [4.69, 9.17) is 28.6 Å². The van der Waals surface area contributed by atoms with Crippen molar-refractivity contribution in [2.45, 2.75) is 0 Å². The number of anilines is 1. The van der Waals surface area contributed by atoms with Crippen molar-refractivity contribution < 1.29 is 9.53 Å². The van der Waals surface area contributed by atoms with Gasteiger partial charge in [-0.15, -0.1) is 0 Å². The zero-order valence-corrected chi connectivity index (χ0v) is 12.8. The molecular formula is C15H13ClN2O2S. The Hall–Kier alpha value is -2.11. The number of carbonyl (C=O) groups excluding carboxylic acids is 1. The topological polar surface area (TPSA) is 50.4 Å². The van der Waals surface area contributed by atoms with Gasteiger partial charge in [-0.3, -0.25) is 10.1 Å². The zero-order valence-electron chi connectivity index (χ0n) is 11.2. The Labute approximate surface area is 133 Å². The van der Waals surface area contributed by atoms with Crippen LogP contribution in [0.15, 0.2) is 48.5 Å². The van der Waals surface area contributed by atoms with Gasteiger partial charge < -0.3 is 10.1 Å². The Kier molecular flexibility index (Phi) is 5.14. The highest BCUT2D eigenvalue weighted by Gasteiger charge is 2.08. The lowest BCUT2D eigenvalue weighted by molar-refractivity contribution is 0.0977. The summed E-state index contributed by atoms with van der Waals surface area (Å²) in [7, 11) is 1.58. The fourth-order valence-corrected chi connectivity index (χ4v) is 2.07. The van der Waals surface area contributed by atoms with Crippen molar-refractivity contribution in [1.82, 2.24) is 5.32 Å². The maximum Gasteiger partial charge on any atom is 0.257 e. The number of halogens is 1. The molecule has 0 aliphatic rings. The number of thiocarbonyl (C=S) groups is 1. The van der Waals surface area contributed by atoms with Crippen molar-refractivity contribution >= 4 is 40.5 Å². The van der Waals surface area contributed by atoms with Crippen molar-refractivity contribution in [3.05, 3.63) is 59.1 Å². The van der Waals surface area contributed by atoms with E-state index in [-0.39, 0.29) is 11.0 Å². The van der Waals surface area contributed by atoms with Gasteiger partial charge in [0.1, 0.15) is 5.75 Å². The van der Waals surface area contributed by atoms with E-state index < -0.39 is 0 Å². The molecule has 2 rings (SSSR count). The van der Waals surface area contributed by atoms with E-state index in [1.807, 2.05) is 18.2 Å². The third-order valence-electron chi connectivity index (χ3n) is 2.64. The van der Waals surface area contributed by atoms with Crippen LogP contribution in [0, 0.1) is 0 Å². The standard InChI is InChI=1S/C15H13ClN2O2S/c1-20-13-7-3-6-12(9-13)17-15(21)18-14(19)10-4-2-5-11(16)8-10/h2-9H,1H3,(H2,17,18,19,21). The SMILES string of the molecule is COc1cccc(NC(=S)NC(=O)c2cccc(Cl)c2)c1. The van der Waals surface area contributed by atoms with Gasteiger partial charge in [0.2, 0.25) is 0 Å². The van der Waals surface area contributed by atoms with Crippen molar-refractivity contribution in [3.8, 4) is 5.75 Å². The van der Waals surface area contributed by atoms with E-state index in [0.717, 1.165) is 5.69 Å². The summed E-state index contributed by atoms with van der Waals surface area (Å²) >= 11 is 11.0. The Balaban J connectivity index is 1.99. The van der Waals surface area contributed by atoms with E-state index in [9.17, 15) is 4.79 Å². The number of carbonyl (C=O) groups is 1. The second-order valence-corrected chi connectivity index (χ2v) is 5.00. The first kappa shape index (κ1) is 15.3. The number of methoxy groups -OCH3 is 1. The minimum Gasteiger partial charge on any atom is -0.497 e. The van der Waals surface area contributed by atoms with Crippen LogP contribution in [-0.4, -0.2) is 18.1 Å². The fraction of sp³-hybridized carbons (Fsp3) is 0.0667. The molecule has 2 aromatic carbocycles. The van der Waals surface area contributed by atoms with Gasteiger partial charge in [-0.25, -0.2) is 0 Å². The van der Waals surface area contributed by atoms with Crippen LogP contribution in [0.4, 0.5) is 5.69 Å². The Morgan fingerprint density at radius 2 is 1.95 bits per heavy atom. The molecule has 0 unspecified atom stereocenters. The molecule has 2 N–H and O–H groups in total. The van der Waals surface area contributed by atoms with Crippen LogP contribution in [0.1, 0.15) is 10.4 Å². The summed E-state index contributed by atoms with van der Waals surface area (Å²) in [6, 6.07) is 13.9. The average molecular weight is 321 g/mol. The molecule has 1 amide bonds. The molecule has 0 aliphatic carbocycles. The predicted molar refractivity (Wildman–Crippen MR) is 88.1 cm³/mol. The van der Waals surface area contributed by atoms with Gasteiger partial charge in [-0.2, -0.15) is 0 Å². The zero-order chi connectivity index (χ0) is 15.2.